The molecule has 0 unspecified atom stereocenters. The van der Waals surface area contributed by atoms with Gasteiger partial charge in [0, 0.05) is 19.3 Å². The van der Waals surface area contributed by atoms with Crippen molar-refractivity contribution in [1.29, 1.82) is 0 Å². The summed E-state index contributed by atoms with van der Waals surface area (Å²) in [5.74, 6) is 0.719. The third kappa shape index (κ3) is 4.86. The highest BCUT2D eigenvalue weighted by Crippen LogP contribution is 2.29. The van der Waals surface area contributed by atoms with Crippen molar-refractivity contribution >= 4 is 6.03 Å². The van der Waals surface area contributed by atoms with Gasteiger partial charge >= 0.3 is 6.03 Å². The quantitative estimate of drug-likeness (QED) is 0.718. The molecule has 1 saturated carbocycles. The molecule has 0 aromatic carbocycles. The number of nitrogens with zero attached hydrogens (tertiary/aromatic N) is 1. The zero-order valence-electron chi connectivity index (χ0n) is 9.83. The van der Waals surface area contributed by atoms with E-state index in [0.717, 1.165) is 31.8 Å². The van der Waals surface area contributed by atoms with Crippen molar-refractivity contribution in [2.24, 2.45) is 5.92 Å². The Hall–Kier alpha value is -0.990. The first-order chi connectivity index (χ1) is 7.27. The lowest BCUT2D eigenvalue weighted by Crippen LogP contribution is -2.38. The molecule has 0 atom stereocenters. The molecule has 1 aliphatic carbocycles. The largest absolute Gasteiger partial charge is 0.325 e. The van der Waals surface area contributed by atoms with Crippen LogP contribution in [0, 0.1) is 5.92 Å². The van der Waals surface area contributed by atoms with Gasteiger partial charge in [-0.05, 0) is 31.6 Å². The molecular formula is C12H22N2O. The van der Waals surface area contributed by atoms with E-state index >= 15 is 0 Å². The molecule has 15 heavy (non-hydrogen) atoms. The van der Waals surface area contributed by atoms with Crippen molar-refractivity contribution in [2.45, 2.75) is 39.5 Å². The van der Waals surface area contributed by atoms with Crippen LogP contribution in [-0.2, 0) is 0 Å². The van der Waals surface area contributed by atoms with E-state index in [1.165, 1.54) is 12.8 Å². The number of nitrogens with one attached hydrogen (secondary N) is 1. The van der Waals surface area contributed by atoms with Crippen molar-refractivity contribution in [1.82, 2.24) is 10.2 Å². The maximum absolute atomic E-state index is 11.7. The van der Waals surface area contributed by atoms with Crippen molar-refractivity contribution < 1.29 is 4.79 Å². The highest BCUT2D eigenvalue weighted by molar-refractivity contribution is 5.75. The Labute approximate surface area is 92.5 Å². The Balaban J connectivity index is 2.26. The first kappa shape index (κ1) is 12.1. The molecule has 0 aliphatic heterocycles. The predicted octanol–water partition coefficient (Wildman–Crippen LogP) is 2.74. The van der Waals surface area contributed by atoms with Gasteiger partial charge in [0.1, 0.15) is 0 Å². The first-order valence-electron chi connectivity index (χ1n) is 6.00. The van der Waals surface area contributed by atoms with Crippen molar-refractivity contribution in [3.8, 4) is 0 Å². The van der Waals surface area contributed by atoms with Gasteiger partial charge in [-0.1, -0.05) is 19.9 Å². The van der Waals surface area contributed by atoms with Gasteiger partial charge in [-0.2, -0.15) is 0 Å². The molecule has 1 aliphatic rings. The first-order valence-corrected chi connectivity index (χ1v) is 6.00. The molecule has 1 rings (SSSR count). The molecule has 2 amide bonds. The molecule has 3 nitrogen and oxygen atoms in total. The van der Waals surface area contributed by atoms with E-state index in [1.807, 2.05) is 4.90 Å². The van der Waals surface area contributed by atoms with Crippen LogP contribution in [0.2, 0.25) is 0 Å². The van der Waals surface area contributed by atoms with E-state index in [2.05, 4.69) is 25.2 Å². The van der Waals surface area contributed by atoms with Gasteiger partial charge < -0.3 is 10.2 Å². The number of hydrogen-bond donors (Lipinski definition) is 1. The van der Waals surface area contributed by atoms with E-state index in [0.29, 0.717) is 0 Å². The predicted molar refractivity (Wildman–Crippen MR) is 62.6 cm³/mol. The second kappa shape index (κ2) is 6.49. The topological polar surface area (TPSA) is 32.3 Å². The molecule has 1 N–H and O–H groups in total. The second-order valence-electron chi connectivity index (χ2n) is 4.13. The number of carbonyl (C=O) groups is 1. The molecule has 0 bridgehead atoms. The van der Waals surface area contributed by atoms with Crippen LogP contribution >= 0.6 is 0 Å². The number of rotatable bonds is 6. The maximum atomic E-state index is 11.7. The highest BCUT2D eigenvalue weighted by atomic mass is 16.2. The van der Waals surface area contributed by atoms with E-state index in [9.17, 15) is 4.79 Å². The molecule has 0 aromatic heterocycles. The van der Waals surface area contributed by atoms with Crippen molar-refractivity contribution in [2.75, 3.05) is 13.1 Å². The van der Waals surface area contributed by atoms with E-state index in [1.54, 1.807) is 6.20 Å². The molecule has 0 spiro atoms. The second-order valence-corrected chi connectivity index (χ2v) is 4.13. The van der Waals surface area contributed by atoms with Crippen molar-refractivity contribution in [3.63, 3.8) is 0 Å². The maximum Gasteiger partial charge on any atom is 0.321 e. The summed E-state index contributed by atoms with van der Waals surface area (Å²) in [5.41, 5.74) is 0. The molecule has 1 fully saturated rings. The third-order valence-corrected chi connectivity index (χ3v) is 2.47. The van der Waals surface area contributed by atoms with Crippen LogP contribution in [0.15, 0.2) is 12.3 Å². The molecule has 86 valence electrons. The monoisotopic (exact) mass is 210 g/mol. The Morgan fingerprint density at radius 3 is 2.40 bits per heavy atom. The minimum absolute atomic E-state index is 0.0376. The van der Waals surface area contributed by atoms with Gasteiger partial charge in [-0.3, -0.25) is 0 Å². The van der Waals surface area contributed by atoms with Gasteiger partial charge in [-0.15, -0.1) is 0 Å². The lowest BCUT2D eigenvalue weighted by molar-refractivity contribution is 0.201. The molecule has 0 saturated heterocycles. The van der Waals surface area contributed by atoms with Gasteiger partial charge in [0.15, 0.2) is 0 Å². The molecule has 0 radical (unpaired) electrons. The van der Waals surface area contributed by atoms with Gasteiger partial charge in [0.2, 0.25) is 0 Å². The van der Waals surface area contributed by atoms with Crippen LogP contribution < -0.4 is 5.32 Å². The molecular weight excluding hydrogens is 188 g/mol. The fourth-order valence-electron chi connectivity index (χ4n) is 1.49. The highest BCUT2D eigenvalue weighted by Gasteiger charge is 2.17. The fourth-order valence-corrected chi connectivity index (χ4v) is 1.49. The summed E-state index contributed by atoms with van der Waals surface area (Å²) < 4.78 is 0. The Morgan fingerprint density at radius 1 is 1.33 bits per heavy atom. The molecule has 0 heterocycles. The Kier molecular flexibility index (Phi) is 5.22. The summed E-state index contributed by atoms with van der Waals surface area (Å²) in [6.45, 7) is 5.87. The summed E-state index contributed by atoms with van der Waals surface area (Å²) in [6.07, 6.45) is 8.48. The van der Waals surface area contributed by atoms with Gasteiger partial charge in [0.25, 0.3) is 0 Å². The minimum atomic E-state index is 0.0376. The van der Waals surface area contributed by atoms with E-state index in [-0.39, 0.29) is 6.03 Å². The zero-order chi connectivity index (χ0) is 11.1. The smallest absolute Gasteiger partial charge is 0.321 e. The van der Waals surface area contributed by atoms with Crippen LogP contribution in [0.5, 0.6) is 0 Å². The van der Waals surface area contributed by atoms with Crippen LogP contribution in [0.3, 0.4) is 0 Å². The third-order valence-electron chi connectivity index (χ3n) is 2.47. The van der Waals surface area contributed by atoms with Crippen LogP contribution in [-0.4, -0.2) is 24.0 Å². The normalized spacial score (nSPS) is 15.6. The van der Waals surface area contributed by atoms with E-state index in [4.69, 9.17) is 0 Å². The van der Waals surface area contributed by atoms with E-state index < -0.39 is 0 Å². The molecule has 3 heteroatoms. The SMILES string of the molecule is CCCN(CCC)C(=O)N/C=C/C1CC1. The van der Waals surface area contributed by atoms with Crippen molar-refractivity contribution in [3.05, 3.63) is 12.3 Å². The summed E-state index contributed by atoms with van der Waals surface area (Å²) in [7, 11) is 0. The summed E-state index contributed by atoms with van der Waals surface area (Å²) >= 11 is 0. The van der Waals surface area contributed by atoms with Gasteiger partial charge in [-0.25, -0.2) is 4.79 Å². The fraction of sp³-hybridized carbons (Fsp3) is 0.750. The summed E-state index contributed by atoms with van der Waals surface area (Å²) in [6, 6.07) is 0.0376. The minimum Gasteiger partial charge on any atom is -0.325 e. The van der Waals surface area contributed by atoms with Gasteiger partial charge in [0.05, 0.1) is 0 Å². The number of carbonyl (C=O) groups excluding carboxylic acids is 1. The summed E-state index contributed by atoms with van der Waals surface area (Å²) in [4.78, 5) is 13.6. The lowest BCUT2D eigenvalue weighted by Gasteiger charge is -2.20. The van der Waals surface area contributed by atoms with Crippen LogP contribution in [0.25, 0.3) is 0 Å². The molecule has 0 aromatic rings. The Morgan fingerprint density at radius 2 is 1.93 bits per heavy atom. The standard InChI is InChI=1S/C12H22N2O/c1-3-9-14(10-4-2)12(15)13-8-7-11-5-6-11/h7-8,11H,3-6,9-10H2,1-2H3,(H,13,15)/b8-7+. The number of urea groups is 1. The average molecular weight is 210 g/mol. The number of hydrogen-bond acceptors (Lipinski definition) is 1. The zero-order valence-corrected chi connectivity index (χ0v) is 9.83. The average Bonchev–Trinajstić information content (AvgIpc) is 3.01. The lowest BCUT2D eigenvalue weighted by atomic mass is 10.4. The van der Waals surface area contributed by atoms with Crippen LogP contribution in [0.1, 0.15) is 39.5 Å². The van der Waals surface area contributed by atoms with Crippen LogP contribution in [0.4, 0.5) is 4.79 Å². The number of amides is 2. The number of allylic oxidation sites excluding steroid dienone is 1. The Bertz CT molecular complexity index is 216. The summed E-state index contributed by atoms with van der Waals surface area (Å²) in [5, 5.41) is 2.83.